The molecule has 0 aliphatic carbocycles. The fourth-order valence-electron chi connectivity index (χ4n) is 2.90. The first-order valence-electron chi connectivity index (χ1n) is 9.04. The largest absolute Gasteiger partial charge is 0.264 e. The maximum absolute atomic E-state index is 13.6. The number of rotatable bonds is 6. The Kier molecular flexibility index (Phi) is 7.19. The second-order valence-corrected chi connectivity index (χ2v) is 10.9. The molecule has 3 rings (SSSR count). The molecule has 0 aliphatic heterocycles. The normalized spacial score (nSPS) is 12.1. The van der Waals surface area contributed by atoms with Crippen LogP contribution in [-0.2, 0) is 10.0 Å². The molecule has 0 spiro atoms. The van der Waals surface area contributed by atoms with Crippen molar-refractivity contribution in [1.82, 2.24) is 0 Å². The van der Waals surface area contributed by atoms with Gasteiger partial charge in [0.2, 0.25) is 0 Å². The van der Waals surface area contributed by atoms with Gasteiger partial charge in [0.15, 0.2) is 0 Å². The first kappa shape index (κ1) is 22.1. The minimum Gasteiger partial charge on any atom is -0.261 e. The minimum absolute atomic E-state index is 0.253. The molecule has 0 bridgehead atoms. The van der Waals surface area contributed by atoms with Gasteiger partial charge in [0.05, 0.1) is 17.1 Å². The third-order valence-corrected chi connectivity index (χ3v) is 7.39. The van der Waals surface area contributed by atoms with E-state index in [4.69, 9.17) is 0 Å². The topological polar surface area (TPSA) is 37.4 Å². The Bertz CT molecular complexity index is 1130. The minimum atomic E-state index is -3.73. The lowest BCUT2D eigenvalue weighted by Crippen LogP contribution is -2.32. The lowest BCUT2D eigenvalue weighted by atomic mass is 10.2. The predicted octanol–water partition coefficient (Wildman–Crippen LogP) is 6.74. The highest BCUT2D eigenvalue weighted by atomic mass is 127. The van der Waals surface area contributed by atoms with Crippen LogP contribution in [0, 0.1) is 13.8 Å². The summed E-state index contributed by atoms with van der Waals surface area (Å²) in [5.41, 5.74) is 3.62. The molecule has 0 atom stereocenters. The molecule has 0 aromatic heterocycles. The SMILES string of the molecule is Cc1ccc(S(=O)(=O)N(C/C(I)=C/c2ccccc2)c2cc(Br)ccc2C)cc1. The van der Waals surface area contributed by atoms with E-state index in [0.29, 0.717) is 5.69 Å². The molecule has 0 saturated carbocycles. The number of sulfonamides is 1. The number of aryl methyl sites for hydroxylation is 2. The van der Waals surface area contributed by atoms with Gasteiger partial charge < -0.3 is 0 Å². The van der Waals surface area contributed by atoms with Gasteiger partial charge in [0.25, 0.3) is 10.0 Å². The third-order valence-electron chi connectivity index (χ3n) is 4.47. The molecule has 0 amide bonds. The maximum atomic E-state index is 13.6. The van der Waals surface area contributed by atoms with E-state index < -0.39 is 10.0 Å². The second kappa shape index (κ2) is 9.45. The summed E-state index contributed by atoms with van der Waals surface area (Å²) in [4.78, 5) is 0.284. The third kappa shape index (κ3) is 5.49. The van der Waals surface area contributed by atoms with Crippen molar-refractivity contribution >= 4 is 60.3 Å². The smallest absolute Gasteiger partial charge is 0.261 e. The van der Waals surface area contributed by atoms with Crippen LogP contribution in [0.5, 0.6) is 0 Å². The monoisotopic (exact) mass is 581 g/mol. The van der Waals surface area contributed by atoms with E-state index in [1.165, 1.54) is 4.31 Å². The molecule has 3 aromatic carbocycles. The molecular formula is C23H21BrINO2S. The van der Waals surface area contributed by atoms with Gasteiger partial charge in [-0.1, -0.05) is 70.0 Å². The van der Waals surface area contributed by atoms with Crippen LogP contribution in [0.15, 0.2) is 85.7 Å². The molecule has 0 aliphatic rings. The second-order valence-electron chi connectivity index (χ2n) is 6.76. The van der Waals surface area contributed by atoms with Crippen LogP contribution >= 0.6 is 38.5 Å². The van der Waals surface area contributed by atoms with Crippen LogP contribution in [0.3, 0.4) is 0 Å². The van der Waals surface area contributed by atoms with E-state index in [0.717, 1.165) is 24.7 Å². The van der Waals surface area contributed by atoms with Gasteiger partial charge in [-0.3, -0.25) is 4.31 Å². The number of nitrogens with zero attached hydrogens (tertiary/aromatic N) is 1. The molecule has 29 heavy (non-hydrogen) atoms. The molecule has 3 aromatic rings. The Hall–Kier alpha value is -1.64. The van der Waals surface area contributed by atoms with Crippen LogP contribution in [-0.4, -0.2) is 15.0 Å². The summed E-state index contributed by atoms with van der Waals surface area (Å²) in [5.74, 6) is 0. The van der Waals surface area contributed by atoms with Crippen molar-refractivity contribution in [2.24, 2.45) is 0 Å². The average Bonchev–Trinajstić information content (AvgIpc) is 2.69. The Morgan fingerprint density at radius 3 is 2.31 bits per heavy atom. The van der Waals surface area contributed by atoms with Crippen LogP contribution < -0.4 is 4.31 Å². The lowest BCUT2D eigenvalue weighted by molar-refractivity contribution is 0.592. The van der Waals surface area contributed by atoms with Gasteiger partial charge >= 0.3 is 0 Å². The Balaban J connectivity index is 2.08. The summed E-state index contributed by atoms with van der Waals surface area (Å²) in [6, 6.07) is 22.6. The molecule has 150 valence electrons. The van der Waals surface area contributed by atoms with E-state index in [1.54, 1.807) is 12.1 Å². The van der Waals surface area contributed by atoms with Crippen molar-refractivity contribution in [2.45, 2.75) is 18.7 Å². The fraction of sp³-hybridized carbons (Fsp3) is 0.130. The van der Waals surface area contributed by atoms with E-state index in [9.17, 15) is 8.42 Å². The Morgan fingerprint density at radius 1 is 1.00 bits per heavy atom. The maximum Gasteiger partial charge on any atom is 0.264 e. The number of halogens is 2. The molecule has 0 heterocycles. The molecule has 0 N–H and O–H groups in total. The van der Waals surface area contributed by atoms with Gasteiger partial charge in [0.1, 0.15) is 0 Å². The lowest BCUT2D eigenvalue weighted by Gasteiger charge is -2.26. The van der Waals surface area contributed by atoms with Gasteiger partial charge in [-0.05, 0) is 77.9 Å². The average molecular weight is 582 g/mol. The van der Waals surface area contributed by atoms with Gasteiger partial charge in [-0.2, -0.15) is 0 Å². The number of hydrogen-bond donors (Lipinski definition) is 0. The molecule has 0 radical (unpaired) electrons. The highest BCUT2D eigenvalue weighted by Crippen LogP contribution is 2.31. The number of hydrogen-bond acceptors (Lipinski definition) is 2. The van der Waals surface area contributed by atoms with E-state index in [1.807, 2.05) is 80.6 Å². The highest BCUT2D eigenvalue weighted by molar-refractivity contribution is 14.1. The van der Waals surface area contributed by atoms with Crippen LogP contribution in [0.1, 0.15) is 16.7 Å². The molecule has 6 heteroatoms. The van der Waals surface area contributed by atoms with Gasteiger partial charge in [-0.25, -0.2) is 8.42 Å². The van der Waals surface area contributed by atoms with Crippen LogP contribution in [0.25, 0.3) is 6.08 Å². The van der Waals surface area contributed by atoms with Crippen molar-refractivity contribution in [1.29, 1.82) is 0 Å². The van der Waals surface area contributed by atoms with Crippen molar-refractivity contribution in [3.8, 4) is 0 Å². The fourth-order valence-corrected chi connectivity index (χ4v) is 5.68. The number of benzene rings is 3. The van der Waals surface area contributed by atoms with E-state index in [2.05, 4.69) is 38.5 Å². The van der Waals surface area contributed by atoms with Crippen molar-refractivity contribution in [3.05, 3.63) is 97.5 Å². The van der Waals surface area contributed by atoms with E-state index >= 15 is 0 Å². The van der Waals surface area contributed by atoms with E-state index in [-0.39, 0.29) is 11.4 Å². The first-order valence-corrected chi connectivity index (χ1v) is 12.4. The zero-order valence-electron chi connectivity index (χ0n) is 16.1. The molecular weight excluding hydrogens is 561 g/mol. The quantitative estimate of drug-likeness (QED) is 0.302. The van der Waals surface area contributed by atoms with Gasteiger partial charge in [-0.15, -0.1) is 0 Å². The van der Waals surface area contributed by atoms with Crippen LogP contribution in [0.4, 0.5) is 5.69 Å². The zero-order valence-corrected chi connectivity index (χ0v) is 20.7. The first-order chi connectivity index (χ1) is 13.8. The molecule has 0 fully saturated rings. The van der Waals surface area contributed by atoms with Crippen molar-refractivity contribution < 1.29 is 8.42 Å². The van der Waals surface area contributed by atoms with Crippen molar-refractivity contribution in [2.75, 3.05) is 10.8 Å². The summed E-state index contributed by atoms with van der Waals surface area (Å²) in [6.07, 6.45) is 2.01. The molecule has 0 saturated heterocycles. The Labute approximate surface area is 194 Å². The standard InChI is InChI=1S/C23H21BrINO2S/c1-17-8-12-22(13-9-17)29(27,28)26(23-15-20(24)11-10-18(23)2)16-21(25)14-19-6-4-3-5-7-19/h3-15H,16H2,1-2H3/b21-14-. The summed E-state index contributed by atoms with van der Waals surface area (Å²) >= 11 is 5.69. The molecule has 3 nitrogen and oxygen atoms in total. The van der Waals surface area contributed by atoms with Crippen molar-refractivity contribution in [3.63, 3.8) is 0 Å². The molecule has 0 unspecified atom stereocenters. The van der Waals surface area contributed by atoms with Crippen LogP contribution in [0.2, 0.25) is 0 Å². The highest BCUT2D eigenvalue weighted by Gasteiger charge is 2.27. The summed E-state index contributed by atoms with van der Waals surface area (Å²) in [7, 11) is -3.73. The summed E-state index contributed by atoms with van der Waals surface area (Å²) in [5, 5.41) is 0. The zero-order chi connectivity index (χ0) is 21.0. The summed E-state index contributed by atoms with van der Waals surface area (Å²) < 4.78 is 30.4. The Morgan fingerprint density at radius 2 is 1.66 bits per heavy atom. The summed E-state index contributed by atoms with van der Waals surface area (Å²) in [6.45, 7) is 4.12. The van der Waals surface area contributed by atoms with Gasteiger partial charge in [0, 0.05) is 8.05 Å². The number of anilines is 1. The predicted molar refractivity (Wildman–Crippen MR) is 133 cm³/mol.